The molecule has 130 valence electrons. The first-order valence-electron chi connectivity index (χ1n) is 7.74. The fourth-order valence-corrected chi connectivity index (χ4v) is 3.28. The molecule has 0 bridgehead atoms. The van der Waals surface area contributed by atoms with Gasteiger partial charge in [0.1, 0.15) is 24.1 Å². The van der Waals surface area contributed by atoms with Gasteiger partial charge in [0.15, 0.2) is 10.8 Å². The number of methoxy groups -OCH3 is 1. The average Bonchev–Trinajstić information content (AvgIpc) is 3.29. The van der Waals surface area contributed by atoms with Crippen LogP contribution in [0.5, 0.6) is 5.75 Å². The van der Waals surface area contributed by atoms with Crippen LogP contribution in [0.4, 0.5) is 5.13 Å². The van der Waals surface area contributed by atoms with E-state index >= 15 is 0 Å². The highest BCUT2D eigenvalue weighted by molar-refractivity contribution is 7.14. The lowest BCUT2D eigenvalue weighted by atomic mass is 10.1. The molecule has 1 amide bonds. The van der Waals surface area contributed by atoms with Crippen molar-refractivity contribution in [2.75, 3.05) is 12.4 Å². The maximum atomic E-state index is 12.3. The molecule has 0 aliphatic carbocycles. The van der Waals surface area contributed by atoms with Gasteiger partial charge in [-0.2, -0.15) is 0 Å². The van der Waals surface area contributed by atoms with Gasteiger partial charge in [0.05, 0.1) is 25.3 Å². The lowest BCUT2D eigenvalue weighted by Crippen LogP contribution is -2.18. The Bertz CT molecular complexity index is 1070. The van der Waals surface area contributed by atoms with Crippen molar-refractivity contribution in [3.05, 3.63) is 48.5 Å². The second-order valence-electron chi connectivity index (χ2n) is 5.39. The molecule has 0 saturated carbocycles. The number of rotatable bonds is 5. The van der Waals surface area contributed by atoms with Crippen molar-refractivity contribution >= 4 is 33.5 Å². The summed E-state index contributed by atoms with van der Waals surface area (Å²) in [5.74, 6) is 0.537. The van der Waals surface area contributed by atoms with Gasteiger partial charge < -0.3 is 14.6 Å². The summed E-state index contributed by atoms with van der Waals surface area (Å²) in [4.78, 5) is 29.0. The van der Waals surface area contributed by atoms with Gasteiger partial charge in [-0.05, 0) is 12.1 Å². The predicted molar refractivity (Wildman–Crippen MR) is 98.1 cm³/mol. The molecule has 0 radical (unpaired) electrons. The Morgan fingerprint density at radius 1 is 1.31 bits per heavy atom. The summed E-state index contributed by atoms with van der Waals surface area (Å²) in [6.07, 6.45) is 4.63. The molecule has 1 aromatic carbocycles. The van der Waals surface area contributed by atoms with E-state index in [1.807, 2.05) is 29.6 Å². The van der Waals surface area contributed by atoms with Crippen LogP contribution in [0, 0.1) is 0 Å². The van der Waals surface area contributed by atoms with E-state index in [4.69, 9.17) is 4.74 Å². The van der Waals surface area contributed by atoms with Crippen molar-refractivity contribution in [3.8, 4) is 17.0 Å². The van der Waals surface area contributed by atoms with Gasteiger partial charge in [-0.25, -0.2) is 19.9 Å². The van der Waals surface area contributed by atoms with Crippen LogP contribution >= 0.6 is 11.3 Å². The molecular formula is C17H14N6O2S. The summed E-state index contributed by atoms with van der Waals surface area (Å²) < 4.78 is 7.05. The van der Waals surface area contributed by atoms with E-state index in [0.717, 1.165) is 17.0 Å². The van der Waals surface area contributed by atoms with Gasteiger partial charge in [0.2, 0.25) is 5.91 Å². The lowest BCUT2D eigenvalue weighted by Gasteiger charge is -2.05. The van der Waals surface area contributed by atoms with Gasteiger partial charge in [-0.15, -0.1) is 11.3 Å². The molecule has 8 nitrogen and oxygen atoms in total. The van der Waals surface area contributed by atoms with Crippen LogP contribution in [-0.4, -0.2) is 37.5 Å². The van der Waals surface area contributed by atoms with Gasteiger partial charge in [-0.3, -0.25) is 4.79 Å². The summed E-state index contributed by atoms with van der Waals surface area (Å²) in [6.45, 7) is 0.105. The first-order valence-corrected chi connectivity index (χ1v) is 8.62. The third-order valence-electron chi connectivity index (χ3n) is 3.75. The number of hydrogen-bond donors (Lipinski definition) is 1. The fourth-order valence-electron chi connectivity index (χ4n) is 2.56. The summed E-state index contributed by atoms with van der Waals surface area (Å²) in [7, 11) is 1.62. The van der Waals surface area contributed by atoms with E-state index in [1.165, 1.54) is 17.7 Å². The second kappa shape index (κ2) is 6.89. The number of aromatic nitrogens is 5. The summed E-state index contributed by atoms with van der Waals surface area (Å²) >= 11 is 1.36. The highest BCUT2D eigenvalue weighted by Crippen LogP contribution is 2.31. The van der Waals surface area contributed by atoms with Crippen molar-refractivity contribution in [1.29, 1.82) is 0 Å². The van der Waals surface area contributed by atoms with Crippen LogP contribution in [0.25, 0.3) is 22.4 Å². The molecule has 0 aliphatic rings. The molecule has 0 aliphatic heterocycles. The first-order chi connectivity index (χ1) is 12.7. The number of anilines is 1. The SMILES string of the molecule is COc1ccccc1-c1csc(NC(=O)Cn2cnc3ncncc32)n1. The van der Waals surface area contributed by atoms with E-state index in [9.17, 15) is 4.79 Å². The number of nitrogens with one attached hydrogen (secondary N) is 1. The predicted octanol–water partition coefficient (Wildman–Crippen LogP) is 2.60. The molecule has 0 fully saturated rings. The Kier molecular flexibility index (Phi) is 4.28. The van der Waals surface area contributed by atoms with Gasteiger partial charge in [0, 0.05) is 10.9 Å². The quantitative estimate of drug-likeness (QED) is 0.583. The maximum absolute atomic E-state index is 12.3. The zero-order chi connectivity index (χ0) is 17.9. The standard InChI is InChI=1S/C17H14N6O2S/c1-25-14-5-3-2-4-11(14)12-8-26-17(21-12)22-15(24)7-23-10-20-16-13(23)6-18-9-19-16/h2-6,8-10H,7H2,1H3,(H,21,22,24). The van der Waals surface area contributed by atoms with Crippen LogP contribution < -0.4 is 10.1 Å². The van der Waals surface area contributed by atoms with E-state index in [-0.39, 0.29) is 12.5 Å². The molecule has 9 heteroatoms. The van der Waals surface area contributed by atoms with E-state index in [0.29, 0.717) is 16.3 Å². The molecule has 0 spiro atoms. The van der Waals surface area contributed by atoms with Gasteiger partial charge in [-0.1, -0.05) is 12.1 Å². The molecule has 4 aromatic rings. The van der Waals surface area contributed by atoms with Crippen LogP contribution in [0.15, 0.2) is 48.5 Å². The topological polar surface area (TPSA) is 94.8 Å². The number of nitrogens with zero attached hydrogens (tertiary/aromatic N) is 5. The van der Waals surface area contributed by atoms with E-state index in [2.05, 4.69) is 25.3 Å². The summed E-state index contributed by atoms with van der Waals surface area (Å²) in [5.41, 5.74) is 2.89. The molecule has 0 saturated heterocycles. The Morgan fingerprint density at radius 2 is 2.19 bits per heavy atom. The molecular weight excluding hydrogens is 352 g/mol. The molecule has 0 unspecified atom stereocenters. The molecule has 0 atom stereocenters. The first kappa shape index (κ1) is 16.2. The molecule has 3 aromatic heterocycles. The van der Waals surface area contributed by atoms with Crippen molar-refractivity contribution < 1.29 is 9.53 Å². The van der Waals surface area contributed by atoms with Crippen molar-refractivity contribution in [3.63, 3.8) is 0 Å². The minimum absolute atomic E-state index is 0.105. The molecule has 1 N–H and O–H groups in total. The Labute approximate surface area is 152 Å². The van der Waals surface area contributed by atoms with Crippen LogP contribution in [0.2, 0.25) is 0 Å². The Hall–Kier alpha value is -3.33. The number of thiazole rings is 1. The van der Waals surface area contributed by atoms with Gasteiger partial charge in [0.25, 0.3) is 0 Å². The Morgan fingerprint density at radius 3 is 3.08 bits per heavy atom. The number of ether oxygens (including phenoxy) is 1. The molecule has 26 heavy (non-hydrogen) atoms. The monoisotopic (exact) mass is 366 g/mol. The number of carbonyl (C=O) groups excluding carboxylic acids is 1. The number of imidazole rings is 1. The molecule has 4 rings (SSSR count). The third kappa shape index (κ3) is 3.11. The summed E-state index contributed by atoms with van der Waals surface area (Å²) in [6, 6.07) is 7.62. The highest BCUT2D eigenvalue weighted by atomic mass is 32.1. The zero-order valence-corrected chi connectivity index (χ0v) is 14.6. The summed E-state index contributed by atoms with van der Waals surface area (Å²) in [5, 5.41) is 5.22. The lowest BCUT2D eigenvalue weighted by molar-refractivity contribution is -0.116. The number of fused-ring (bicyclic) bond motifs is 1. The number of hydrogen-bond acceptors (Lipinski definition) is 7. The number of amides is 1. The van der Waals surface area contributed by atoms with Crippen LogP contribution in [0.1, 0.15) is 0 Å². The Balaban J connectivity index is 1.49. The van der Waals surface area contributed by atoms with Crippen molar-refractivity contribution in [2.45, 2.75) is 6.54 Å². The number of benzene rings is 1. The van der Waals surface area contributed by atoms with Crippen LogP contribution in [-0.2, 0) is 11.3 Å². The van der Waals surface area contributed by atoms with E-state index in [1.54, 1.807) is 24.2 Å². The zero-order valence-electron chi connectivity index (χ0n) is 13.8. The fraction of sp³-hybridized carbons (Fsp3) is 0.118. The minimum atomic E-state index is -0.200. The normalized spacial score (nSPS) is 10.8. The molecule has 3 heterocycles. The van der Waals surface area contributed by atoms with Gasteiger partial charge >= 0.3 is 0 Å². The number of para-hydroxylation sites is 1. The highest BCUT2D eigenvalue weighted by Gasteiger charge is 2.13. The van der Waals surface area contributed by atoms with E-state index < -0.39 is 0 Å². The number of carbonyl (C=O) groups is 1. The maximum Gasteiger partial charge on any atom is 0.246 e. The minimum Gasteiger partial charge on any atom is -0.496 e. The smallest absolute Gasteiger partial charge is 0.246 e. The van der Waals surface area contributed by atoms with Crippen molar-refractivity contribution in [1.82, 2.24) is 24.5 Å². The second-order valence-corrected chi connectivity index (χ2v) is 6.25. The van der Waals surface area contributed by atoms with Crippen LogP contribution in [0.3, 0.4) is 0 Å². The average molecular weight is 366 g/mol. The van der Waals surface area contributed by atoms with Crippen molar-refractivity contribution in [2.24, 2.45) is 0 Å². The largest absolute Gasteiger partial charge is 0.496 e. The third-order valence-corrected chi connectivity index (χ3v) is 4.51.